The van der Waals surface area contributed by atoms with Gasteiger partial charge in [0.05, 0.1) is 15.8 Å². The molecule has 0 aliphatic carbocycles. The molecule has 1 heterocycles. The van der Waals surface area contributed by atoms with Crippen LogP contribution in [-0.4, -0.2) is 48.8 Å². The molecular weight excluding hydrogens is 439 g/mol. The maximum absolute atomic E-state index is 12.7. The highest BCUT2D eigenvalue weighted by Gasteiger charge is 2.31. The second-order valence-corrected chi connectivity index (χ2v) is 12.6. The highest BCUT2D eigenvalue weighted by molar-refractivity contribution is 8.00. The summed E-state index contributed by atoms with van der Waals surface area (Å²) in [6.07, 6.45) is 1.08. The molecule has 1 aromatic rings. The number of hydrogen-bond donors (Lipinski definition) is 1. The summed E-state index contributed by atoms with van der Waals surface area (Å²) in [5.74, 6) is 0.642. The lowest BCUT2D eigenvalue weighted by Crippen LogP contribution is -2.43. The van der Waals surface area contributed by atoms with Crippen molar-refractivity contribution in [2.24, 2.45) is 5.92 Å². The maximum atomic E-state index is 12.7. The summed E-state index contributed by atoms with van der Waals surface area (Å²) in [5, 5.41) is 3.72. The van der Waals surface area contributed by atoms with Gasteiger partial charge in [-0.05, 0) is 30.5 Å². The molecule has 1 N–H and O–H groups in total. The van der Waals surface area contributed by atoms with E-state index in [0.29, 0.717) is 48.1 Å². The molecule has 1 aromatic carbocycles. The van der Waals surface area contributed by atoms with E-state index in [4.69, 9.17) is 23.2 Å². The second kappa shape index (κ2) is 10.0. The number of thioether (sulfide) groups is 1. The van der Waals surface area contributed by atoms with E-state index in [1.165, 1.54) is 4.31 Å². The third-order valence-corrected chi connectivity index (χ3v) is 8.35. The predicted molar refractivity (Wildman–Crippen MR) is 119 cm³/mol. The first-order chi connectivity index (χ1) is 13.0. The van der Waals surface area contributed by atoms with E-state index in [1.807, 2.05) is 11.8 Å². The van der Waals surface area contributed by atoms with Gasteiger partial charge in [0.2, 0.25) is 15.9 Å². The SMILES string of the molecule is CC(C)(C)SCCNC(=O)C1CCN(S(=O)(=O)Cc2ccc(Cl)c(Cl)c2)CC1. The van der Waals surface area contributed by atoms with Gasteiger partial charge in [0.15, 0.2) is 0 Å². The Hall–Kier alpha value is -0.470. The van der Waals surface area contributed by atoms with E-state index in [-0.39, 0.29) is 22.3 Å². The molecule has 1 fully saturated rings. The fourth-order valence-electron chi connectivity index (χ4n) is 3.00. The quantitative estimate of drug-likeness (QED) is 0.611. The second-order valence-electron chi connectivity index (χ2n) is 7.93. The molecule has 0 radical (unpaired) electrons. The largest absolute Gasteiger partial charge is 0.355 e. The first-order valence-corrected chi connectivity index (χ1v) is 12.7. The van der Waals surface area contributed by atoms with Gasteiger partial charge < -0.3 is 5.32 Å². The molecule has 0 atom stereocenters. The highest BCUT2D eigenvalue weighted by atomic mass is 35.5. The molecule has 0 aromatic heterocycles. The molecule has 9 heteroatoms. The van der Waals surface area contributed by atoms with Crippen LogP contribution in [0.1, 0.15) is 39.2 Å². The summed E-state index contributed by atoms with van der Waals surface area (Å²) >= 11 is 13.7. The Balaban J connectivity index is 1.81. The zero-order valence-corrected chi connectivity index (χ0v) is 19.6. The van der Waals surface area contributed by atoms with Crippen LogP contribution in [0.5, 0.6) is 0 Å². The summed E-state index contributed by atoms with van der Waals surface area (Å²) in [4.78, 5) is 12.3. The number of amides is 1. The Morgan fingerprint density at radius 2 is 1.86 bits per heavy atom. The zero-order valence-electron chi connectivity index (χ0n) is 16.5. The van der Waals surface area contributed by atoms with Crippen LogP contribution in [0.15, 0.2) is 18.2 Å². The summed E-state index contributed by atoms with van der Waals surface area (Å²) in [5.41, 5.74) is 0.602. The fraction of sp³-hybridized carbons (Fsp3) is 0.632. The van der Waals surface area contributed by atoms with Crippen LogP contribution >= 0.6 is 35.0 Å². The van der Waals surface area contributed by atoms with E-state index in [2.05, 4.69) is 26.1 Å². The van der Waals surface area contributed by atoms with Gasteiger partial charge in [-0.1, -0.05) is 50.0 Å². The standard InChI is InChI=1S/C19H28Cl2N2O3S2/c1-19(2,3)27-11-8-22-18(24)15-6-9-23(10-7-15)28(25,26)13-14-4-5-16(20)17(21)12-14/h4-5,12,15H,6-11,13H2,1-3H3,(H,22,24). The van der Waals surface area contributed by atoms with Crippen molar-refractivity contribution in [2.45, 2.75) is 44.1 Å². The van der Waals surface area contributed by atoms with Gasteiger partial charge in [0.25, 0.3) is 0 Å². The molecule has 1 saturated heterocycles. The van der Waals surface area contributed by atoms with Gasteiger partial charge in [-0.3, -0.25) is 4.79 Å². The molecular formula is C19H28Cl2N2O3S2. The molecule has 0 bridgehead atoms. The van der Waals surface area contributed by atoms with Gasteiger partial charge in [0.1, 0.15) is 0 Å². The molecule has 1 aliphatic heterocycles. The normalized spacial score (nSPS) is 16.9. The molecule has 2 rings (SSSR count). The van der Waals surface area contributed by atoms with Crippen molar-refractivity contribution >= 4 is 50.9 Å². The van der Waals surface area contributed by atoms with Crippen molar-refractivity contribution in [1.82, 2.24) is 9.62 Å². The molecule has 0 saturated carbocycles. The van der Waals surface area contributed by atoms with Gasteiger partial charge in [0, 0.05) is 36.1 Å². The number of piperidine rings is 1. The van der Waals surface area contributed by atoms with E-state index in [1.54, 1.807) is 18.2 Å². The van der Waals surface area contributed by atoms with Crippen LogP contribution in [0.2, 0.25) is 10.0 Å². The number of hydrogen-bond acceptors (Lipinski definition) is 4. The molecule has 1 aliphatic rings. The molecule has 1 amide bonds. The minimum absolute atomic E-state index is 0.0241. The van der Waals surface area contributed by atoms with E-state index in [9.17, 15) is 13.2 Å². The van der Waals surface area contributed by atoms with Crippen molar-refractivity contribution in [3.05, 3.63) is 33.8 Å². The monoisotopic (exact) mass is 466 g/mol. The molecule has 0 spiro atoms. The van der Waals surface area contributed by atoms with Crippen LogP contribution in [0.4, 0.5) is 0 Å². The molecule has 28 heavy (non-hydrogen) atoms. The van der Waals surface area contributed by atoms with Gasteiger partial charge in [-0.2, -0.15) is 11.8 Å². The summed E-state index contributed by atoms with van der Waals surface area (Å²) < 4.78 is 27.0. The third-order valence-electron chi connectivity index (χ3n) is 4.49. The van der Waals surface area contributed by atoms with Gasteiger partial charge >= 0.3 is 0 Å². The zero-order chi connectivity index (χ0) is 20.9. The topological polar surface area (TPSA) is 66.5 Å². The van der Waals surface area contributed by atoms with Crippen LogP contribution in [-0.2, 0) is 20.6 Å². The Bertz CT molecular complexity index is 787. The van der Waals surface area contributed by atoms with Crippen molar-refractivity contribution in [1.29, 1.82) is 0 Å². The lowest BCUT2D eigenvalue weighted by molar-refractivity contribution is -0.125. The first kappa shape index (κ1) is 23.8. The average molecular weight is 467 g/mol. The van der Waals surface area contributed by atoms with Crippen LogP contribution < -0.4 is 5.32 Å². The summed E-state index contributed by atoms with van der Waals surface area (Å²) in [6, 6.07) is 4.85. The van der Waals surface area contributed by atoms with E-state index >= 15 is 0 Å². The minimum Gasteiger partial charge on any atom is -0.355 e. The summed E-state index contributed by atoms with van der Waals surface area (Å²) in [7, 11) is -3.46. The Morgan fingerprint density at radius 3 is 2.43 bits per heavy atom. The minimum atomic E-state index is -3.46. The Morgan fingerprint density at radius 1 is 1.21 bits per heavy atom. The Kier molecular flexibility index (Phi) is 8.52. The number of nitrogens with zero attached hydrogens (tertiary/aromatic N) is 1. The van der Waals surface area contributed by atoms with Crippen molar-refractivity contribution in [3.8, 4) is 0 Å². The predicted octanol–water partition coefficient (Wildman–Crippen LogP) is 4.18. The number of carbonyl (C=O) groups is 1. The molecule has 158 valence electrons. The van der Waals surface area contributed by atoms with Crippen molar-refractivity contribution in [3.63, 3.8) is 0 Å². The Labute approximate surface area is 182 Å². The van der Waals surface area contributed by atoms with Gasteiger partial charge in [-0.15, -0.1) is 0 Å². The highest BCUT2D eigenvalue weighted by Crippen LogP contribution is 2.26. The van der Waals surface area contributed by atoms with Crippen LogP contribution in [0, 0.1) is 5.92 Å². The first-order valence-electron chi connectivity index (χ1n) is 9.31. The lowest BCUT2D eigenvalue weighted by Gasteiger charge is -2.30. The maximum Gasteiger partial charge on any atom is 0.223 e. The average Bonchev–Trinajstić information content (AvgIpc) is 2.61. The number of carbonyl (C=O) groups excluding carboxylic acids is 1. The van der Waals surface area contributed by atoms with E-state index < -0.39 is 10.0 Å². The van der Waals surface area contributed by atoms with Crippen molar-refractivity contribution < 1.29 is 13.2 Å². The van der Waals surface area contributed by atoms with Crippen LogP contribution in [0.25, 0.3) is 0 Å². The molecule has 0 unspecified atom stereocenters. The van der Waals surface area contributed by atoms with Gasteiger partial charge in [-0.25, -0.2) is 12.7 Å². The number of nitrogens with one attached hydrogen (secondary N) is 1. The van der Waals surface area contributed by atoms with Crippen LogP contribution in [0.3, 0.4) is 0 Å². The third kappa shape index (κ3) is 7.41. The summed E-state index contributed by atoms with van der Waals surface area (Å²) in [6.45, 7) is 7.79. The number of benzene rings is 1. The fourth-order valence-corrected chi connectivity index (χ4v) is 5.69. The lowest BCUT2D eigenvalue weighted by atomic mass is 9.97. The smallest absolute Gasteiger partial charge is 0.223 e. The number of rotatable bonds is 7. The number of halogens is 2. The molecule has 5 nitrogen and oxygen atoms in total. The van der Waals surface area contributed by atoms with Crippen molar-refractivity contribution in [2.75, 3.05) is 25.4 Å². The van der Waals surface area contributed by atoms with E-state index in [0.717, 1.165) is 5.75 Å². The number of sulfonamides is 1.